The number of halogens is 1. The standard InChI is InChI=1S/C14H18ClNO3S2/c15-12-2-1-10(16)7-13(12)21(17,18)11-3-5-19-14(8-11)4-6-20-9-14/h1-2,7,11H,3-6,8-9,16H2. The smallest absolute Gasteiger partial charge is 0.182 e. The number of nitrogen functional groups attached to an aromatic ring is 1. The Bertz CT molecular complexity index is 642. The fourth-order valence-corrected chi connectivity index (χ4v) is 6.78. The lowest BCUT2D eigenvalue weighted by molar-refractivity contribution is -0.0572. The van der Waals surface area contributed by atoms with Crippen molar-refractivity contribution in [3.8, 4) is 0 Å². The summed E-state index contributed by atoms with van der Waals surface area (Å²) in [6, 6.07) is 4.62. The lowest BCUT2D eigenvalue weighted by Gasteiger charge is -2.37. The normalized spacial score (nSPS) is 29.9. The number of sulfone groups is 1. The summed E-state index contributed by atoms with van der Waals surface area (Å²) in [5.41, 5.74) is 5.86. The van der Waals surface area contributed by atoms with Crippen molar-refractivity contribution in [2.75, 3.05) is 23.8 Å². The van der Waals surface area contributed by atoms with Gasteiger partial charge in [0.1, 0.15) is 0 Å². The maximum Gasteiger partial charge on any atom is 0.182 e. The second kappa shape index (κ2) is 5.65. The second-order valence-electron chi connectivity index (χ2n) is 5.68. The topological polar surface area (TPSA) is 69.4 Å². The molecule has 2 aliphatic heterocycles. The van der Waals surface area contributed by atoms with Crippen LogP contribution in [0.25, 0.3) is 0 Å². The SMILES string of the molecule is Nc1ccc(Cl)c(S(=O)(=O)C2CCOC3(CCSC3)C2)c1. The largest absolute Gasteiger partial charge is 0.399 e. The van der Waals surface area contributed by atoms with Gasteiger partial charge in [0.2, 0.25) is 0 Å². The minimum atomic E-state index is -3.48. The highest BCUT2D eigenvalue weighted by atomic mass is 35.5. The predicted molar refractivity (Wildman–Crippen MR) is 86.7 cm³/mol. The summed E-state index contributed by atoms with van der Waals surface area (Å²) in [5.74, 6) is 1.91. The van der Waals surface area contributed by atoms with E-state index in [0.29, 0.717) is 25.1 Å². The first-order valence-corrected chi connectivity index (χ1v) is 10.0. The van der Waals surface area contributed by atoms with Crippen molar-refractivity contribution in [2.24, 2.45) is 0 Å². The molecule has 0 radical (unpaired) electrons. The Kier molecular flexibility index (Phi) is 4.16. The van der Waals surface area contributed by atoms with E-state index in [9.17, 15) is 8.42 Å². The van der Waals surface area contributed by atoms with Gasteiger partial charge in [-0.3, -0.25) is 0 Å². The van der Waals surface area contributed by atoms with Crippen LogP contribution in [0.2, 0.25) is 5.02 Å². The zero-order valence-electron chi connectivity index (χ0n) is 11.5. The van der Waals surface area contributed by atoms with Crippen molar-refractivity contribution < 1.29 is 13.2 Å². The summed E-state index contributed by atoms with van der Waals surface area (Å²) in [5, 5.41) is -0.199. The van der Waals surface area contributed by atoms with Crippen LogP contribution in [-0.2, 0) is 14.6 Å². The van der Waals surface area contributed by atoms with Gasteiger partial charge in [0.25, 0.3) is 0 Å². The van der Waals surface area contributed by atoms with Crippen molar-refractivity contribution in [2.45, 2.75) is 35.0 Å². The predicted octanol–water partition coefficient (Wildman–Crippen LogP) is 2.75. The maximum atomic E-state index is 12.9. The monoisotopic (exact) mass is 347 g/mol. The third-order valence-electron chi connectivity index (χ3n) is 4.22. The molecule has 0 aliphatic carbocycles. The molecule has 2 N–H and O–H groups in total. The highest BCUT2D eigenvalue weighted by Gasteiger charge is 2.45. The van der Waals surface area contributed by atoms with Gasteiger partial charge in [-0.25, -0.2) is 8.42 Å². The van der Waals surface area contributed by atoms with Crippen LogP contribution in [0.1, 0.15) is 19.3 Å². The van der Waals surface area contributed by atoms with Crippen molar-refractivity contribution in [3.63, 3.8) is 0 Å². The van der Waals surface area contributed by atoms with Gasteiger partial charge in [0.05, 0.1) is 20.8 Å². The van der Waals surface area contributed by atoms with E-state index in [4.69, 9.17) is 22.1 Å². The summed E-state index contributed by atoms with van der Waals surface area (Å²) in [6.45, 7) is 0.490. The van der Waals surface area contributed by atoms with Gasteiger partial charge in [-0.2, -0.15) is 11.8 Å². The minimum absolute atomic E-state index is 0.150. The minimum Gasteiger partial charge on any atom is -0.399 e. The second-order valence-corrected chi connectivity index (χ2v) is 9.39. The fraction of sp³-hybridized carbons (Fsp3) is 0.571. The summed E-state index contributed by atoms with van der Waals surface area (Å²) in [4.78, 5) is 0.150. The molecule has 21 heavy (non-hydrogen) atoms. The van der Waals surface area contributed by atoms with E-state index in [1.807, 2.05) is 11.8 Å². The van der Waals surface area contributed by atoms with Crippen LogP contribution in [0.15, 0.2) is 23.1 Å². The van der Waals surface area contributed by atoms with Crippen LogP contribution in [0.5, 0.6) is 0 Å². The molecule has 2 fully saturated rings. The van der Waals surface area contributed by atoms with Gasteiger partial charge in [-0.1, -0.05) is 11.6 Å². The van der Waals surface area contributed by atoms with E-state index in [1.165, 1.54) is 6.07 Å². The zero-order valence-corrected chi connectivity index (χ0v) is 13.9. The summed E-state index contributed by atoms with van der Waals surface area (Å²) in [7, 11) is -3.48. The lowest BCUT2D eigenvalue weighted by atomic mass is 9.93. The summed E-state index contributed by atoms with van der Waals surface area (Å²) < 4.78 is 31.7. The molecular formula is C14H18ClNO3S2. The van der Waals surface area contributed by atoms with Crippen molar-refractivity contribution >= 4 is 38.9 Å². The average Bonchev–Trinajstić information content (AvgIpc) is 2.89. The summed E-state index contributed by atoms with van der Waals surface area (Å²) in [6.07, 6.45) is 1.99. The number of ether oxygens (including phenoxy) is 1. The molecule has 0 bridgehead atoms. The molecule has 2 unspecified atom stereocenters. The van der Waals surface area contributed by atoms with Gasteiger partial charge < -0.3 is 10.5 Å². The van der Waals surface area contributed by atoms with Crippen LogP contribution in [-0.4, -0.2) is 37.4 Å². The van der Waals surface area contributed by atoms with Crippen LogP contribution in [0.3, 0.4) is 0 Å². The molecule has 7 heteroatoms. The Balaban J connectivity index is 1.92. The van der Waals surface area contributed by atoms with E-state index in [-0.39, 0.29) is 15.5 Å². The first-order chi connectivity index (χ1) is 9.93. The highest BCUT2D eigenvalue weighted by molar-refractivity contribution is 7.99. The Labute approximate surface area is 134 Å². The average molecular weight is 348 g/mol. The van der Waals surface area contributed by atoms with E-state index >= 15 is 0 Å². The molecule has 2 heterocycles. The number of benzene rings is 1. The van der Waals surface area contributed by atoms with E-state index < -0.39 is 15.1 Å². The molecule has 2 atom stereocenters. The number of hydrogen-bond acceptors (Lipinski definition) is 5. The number of rotatable bonds is 2. The molecule has 1 spiro atoms. The molecule has 1 aromatic rings. The first-order valence-electron chi connectivity index (χ1n) is 6.94. The number of anilines is 1. The first kappa shape index (κ1) is 15.5. The summed E-state index contributed by atoms with van der Waals surface area (Å²) >= 11 is 7.91. The molecular weight excluding hydrogens is 330 g/mol. The van der Waals surface area contributed by atoms with Gasteiger partial charge >= 0.3 is 0 Å². The lowest BCUT2D eigenvalue weighted by Crippen LogP contribution is -2.44. The van der Waals surface area contributed by atoms with Gasteiger partial charge in [0.15, 0.2) is 9.84 Å². The molecule has 0 saturated carbocycles. The van der Waals surface area contributed by atoms with Crippen molar-refractivity contribution in [3.05, 3.63) is 23.2 Å². The van der Waals surface area contributed by atoms with Crippen LogP contribution < -0.4 is 5.73 Å². The molecule has 1 aromatic carbocycles. The van der Waals surface area contributed by atoms with Crippen LogP contribution >= 0.6 is 23.4 Å². The Morgan fingerprint density at radius 3 is 2.95 bits per heavy atom. The van der Waals surface area contributed by atoms with E-state index in [2.05, 4.69) is 0 Å². The Hall–Kier alpha value is -0.430. The molecule has 2 saturated heterocycles. The van der Waals surface area contributed by atoms with Crippen molar-refractivity contribution in [1.82, 2.24) is 0 Å². The van der Waals surface area contributed by atoms with Crippen molar-refractivity contribution in [1.29, 1.82) is 0 Å². The van der Waals surface area contributed by atoms with Crippen LogP contribution in [0, 0.1) is 0 Å². The van der Waals surface area contributed by atoms with Gasteiger partial charge in [-0.05, 0) is 43.2 Å². The molecule has 3 rings (SSSR count). The Morgan fingerprint density at radius 1 is 1.43 bits per heavy atom. The van der Waals surface area contributed by atoms with Crippen LogP contribution in [0.4, 0.5) is 5.69 Å². The van der Waals surface area contributed by atoms with Gasteiger partial charge in [0, 0.05) is 18.0 Å². The van der Waals surface area contributed by atoms with Gasteiger partial charge in [-0.15, -0.1) is 0 Å². The molecule has 0 amide bonds. The quantitative estimate of drug-likeness (QED) is 0.833. The number of hydrogen-bond donors (Lipinski definition) is 1. The fourth-order valence-electron chi connectivity index (χ4n) is 3.03. The number of nitrogens with two attached hydrogens (primary N) is 1. The van der Waals surface area contributed by atoms with E-state index in [1.54, 1.807) is 12.1 Å². The molecule has 2 aliphatic rings. The molecule has 116 valence electrons. The third kappa shape index (κ3) is 2.91. The Morgan fingerprint density at radius 2 is 2.24 bits per heavy atom. The maximum absolute atomic E-state index is 12.9. The zero-order chi connectivity index (χ0) is 15.1. The van der Waals surface area contributed by atoms with E-state index in [0.717, 1.165) is 17.9 Å². The molecule has 0 aromatic heterocycles. The third-order valence-corrected chi connectivity index (χ3v) is 8.11. The number of thioether (sulfide) groups is 1. The molecule has 4 nitrogen and oxygen atoms in total. The highest BCUT2D eigenvalue weighted by Crippen LogP contribution is 2.42.